The molecule has 0 spiro atoms. The number of nitrogens with two attached hydrogens (primary N) is 1. The van der Waals surface area contributed by atoms with Gasteiger partial charge < -0.3 is 5.73 Å². The largest absolute Gasteiger partial charge is 0.389 e. The molecule has 0 aliphatic heterocycles. The molecule has 1 aliphatic rings. The van der Waals surface area contributed by atoms with Crippen molar-refractivity contribution in [3.63, 3.8) is 0 Å². The first-order valence-electron chi connectivity index (χ1n) is 7.18. The standard InChI is InChI=1S/C17H18N2S/c1-2-15-16(14(10-18)17(19)20-15)13-8-7-11-5-3-4-6-12(11)9-13/h7-9H,2-6,19H2,1H3. The van der Waals surface area contributed by atoms with Crippen LogP contribution in [0.15, 0.2) is 18.2 Å². The van der Waals surface area contributed by atoms with Gasteiger partial charge in [-0.2, -0.15) is 5.26 Å². The molecule has 102 valence electrons. The fourth-order valence-corrected chi connectivity index (χ4v) is 4.03. The summed E-state index contributed by atoms with van der Waals surface area (Å²) in [5, 5.41) is 10.0. The molecule has 2 nitrogen and oxygen atoms in total. The Morgan fingerprint density at radius 3 is 2.70 bits per heavy atom. The number of fused-ring (bicyclic) bond motifs is 1. The third-order valence-electron chi connectivity index (χ3n) is 4.08. The zero-order chi connectivity index (χ0) is 14.1. The maximum absolute atomic E-state index is 9.38. The molecule has 20 heavy (non-hydrogen) atoms. The number of nitriles is 1. The maximum Gasteiger partial charge on any atom is 0.105 e. The number of benzene rings is 1. The molecule has 0 radical (unpaired) electrons. The normalized spacial score (nSPS) is 13.8. The van der Waals surface area contributed by atoms with Crippen molar-refractivity contribution >= 4 is 16.3 Å². The first kappa shape index (κ1) is 13.2. The van der Waals surface area contributed by atoms with Crippen LogP contribution in [0.25, 0.3) is 11.1 Å². The second kappa shape index (κ2) is 5.30. The van der Waals surface area contributed by atoms with Gasteiger partial charge in [-0.3, -0.25) is 0 Å². The predicted molar refractivity (Wildman–Crippen MR) is 84.9 cm³/mol. The second-order valence-corrected chi connectivity index (χ2v) is 6.43. The number of thiophene rings is 1. The van der Waals surface area contributed by atoms with Gasteiger partial charge in [-0.25, -0.2) is 0 Å². The van der Waals surface area contributed by atoms with E-state index in [-0.39, 0.29) is 0 Å². The third-order valence-corrected chi connectivity index (χ3v) is 5.24. The number of rotatable bonds is 2. The van der Waals surface area contributed by atoms with Crippen LogP contribution in [0.4, 0.5) is 5.00 Å². The topological polar surface area (TPSA) is 49.8 Å². The minimum absolute atomic E-state index is 0.650. The summed E-state index contributed by atoms with van der Waals surface area (Å²) in [5.74, 6) is 0. The van der Waals surface area contributed by atoms with Crippen LogP contribution in [0, 0.1) is 11.3 Å². The van der Waals surface area contributed by atoms with Crippen LogP contribution in [-0.2, 0) is 19.3 Å². The van der Waals surface area contributed by atoms with Crippen LogP contribution in [0.2, 0.25) is 0 Å². The summed E-state index contributed by atoms with van der Waals surface area (Å²) in [6.07, 6.45) is 5.83. The van der Waals surface area contributed by atoms with Gasteiger partial charge in [0.15, 0.2) is 0 Å². The van der Waals surface area contributed by atoms with E-state index in [0.29, 0.717) is 10.6 Å². The Morgan fingerprint density at radius 1 is 1.25 bits per heavy atom. The van der Waals surface area contributed by atoms with E-state index < -0.39 is 0 Å². The number of hydrogen-bond donors (Lipinski definition) is 1. The van der Waals surface area contributed by atoms with Crippen LogP contribution in [0.1, 0.15) is 41.3 Å². The van der Waals surface area contributed by atoms with Crippen LogP contribution in [-0.4, -0.2) is 0 Å². The van der Waals surface area contributed by atoms with Gasteiger partial charge in [0.05, 0.1) is 5.56 Å². The van der Waals surface area contributed by atoms with Gasteiger partial charge in [0.1, 0.15) is 11.1 Å². The smallest absolute Gasteiger partial charge is 0.105 e. The van der Waals surface area contributed by atoms with E-state index >= 15 is 0 Å². The van der Waals surface area contributed by atoms with Crippen LogP contribution in [0.5, 0.6) is 0 Å². The van der Waals surface area contributed by atoms with Crippen molar-refractivity contribution in [3.8, 4) is 17.2 Å². The van der Waals surface area contributed by atoms with Crippen molar-refractivity contribution in [1.82, 2.24) is 0 Å². The lowest BCUT2D eigenvalue weighted by molar-refractivity contribution is 0.686. The monoisotopic (exact) mass is 282 g/mol. The van der Waals surface area contributed by atoms with Crippen LogP contribution >= 0.6 is 11.3 Å². The molecule has 0 atom stereocenters. The fraction of sp³-hybridized carbons (Fsp3) is 0.353. The molecular weight excluding hydrogens is 264 g/mol. The average molecular weight is 282 g/mol. The molecule has 1 aromatic carbocycles. The Bertz CT molecular complexity index is 692. The average Bonchev–Trinajstić information content (AvgIpc) is 2.82. The zero-order valence-corrected chi connectivity index (χ0v) is 12.5. The number of nitrogens with zero attached hydrogens (tertiary/aromatic N) is 1. The van der Waals surface area contributed by atoms with E-state index in [9.17, 15) is 5.26 Å². The van der Waals surface area contributed by atoms with E-state index in [1.165, 1.54) is 35.3 Å². The molecule has 0 saturated heterocycles. The third kappa shape index (κ3) is 2.10. The van der Waals surface area contributed by atoms with E-state index in [0.717, 1.165) is 24.0 Å². The van der Waals surface area contributed by atoms with E-state index in [2.05, 4.69) is 31.2 Å². The van der Waals surface area contributed by atoms with Crippen LogP contribution in [0.3, 0.4) is 0 Å². The first-order chi connectivity index (χ1) is 9.74. The highest BCUT2D eigenvalue weighted by atomic mass is 32.1. The van der Waals surface area contributed by atoms with Crippen molar-refractivity contribution < 1.29 is 0 Å². The van der Waals surface area contributed by atoms with E-state index in [1.54, 1.807) is 11.3 Å². The van der Waals surface area contributed by atoms with Crippen molar-refractivity contribution in [2.24, 2.45) is 0 Å². The summed E-state index contributed by atoms with van der Waals surface area (Å²) >= 11 is 1.55. The Hall–Kier alpha value is -1.79. The molecule has 2 N–H and O–H groups in total. The van der Waals surface area contributed by atoms with Gasteiger partial charge in [0, 0.05) is 10.4 Å². The van der Waals surface area contributed by atoms with Crippen molar-refractivity contribution in [1.29, 1.82) is 5.26 Å². The first-order valence-corrected chi connectivity index (χ1v) is 7.99. The van der Waals surface area contributed by atoms with E-state index in [4.69, 9.17) is 5.73 Å². The minimum Gasteiger partial charge on any atom is -0.389 e. The van der Waals surface area contributed by atoms with Crippen LogP contribution < -0.4 is 5.73 Å². The molecule has 0 bridgehead atoms. The number of hydrogen-bond acceptors (Lipinski definition) is 3. The highest BCUT2D eigenvalue weighted by Crippen LogP contribution is 2.39. The number of anilines is 1. The summed E-state index contributed by atoms with van der Waals surface area (Å²) in [5.41, 5.74) is 11.8. The van der Waals surface area contributed by atoms with Gasteiger partial charge in [0.25, 0.3) is 0 Å². The Morgan fingerprint density at radius 2 is 2.00 bits per heavy atom. The molecule has 2 aromatic rings. The van der Waals surface area contributed by atoms with Gasteiger partial charge in [-0.1, -0.05) is 25.1 Å². The number of aryl methyl sites for hydroxylation is 3. The predicted octanol–water partition coefficient (Wildman–Crippen LogP) is 4.31. The molecule has 0 fully saturated rings. The fourth-order valence-electron chi connectivity index (χ4n) is 3.05. The molecule has 1 heterocycles. The molecule has 0 saturated carbocycles. The molecular formula is C17H18N2S. The molecule has 1 aliphatic carbocycles. The van der Waals surface area contributed by atoms with Gasteiger partial charge >= 0.3 is 0 Å². The molecule has 3 rings (SSSR count). The lowest BCUT2D eigenvalue weighted by Gasteiger charge is -2.17. The summed E-state index contributed by atoms with van der Waals surface area (Å²) < 4.78 is 0. The number of nitrogen functional groups attached to an aromatic ring is 1. The highest BCUT2D eigenvalue weighted by Gasteiger charge is 2.18. The zero-order valence-electron chi connectivity index (χ0n) is 11.7. The molecule has 0 amide bonds. The second-order valence-electron chi connectivity index (χ2n) is 5.30. The van der Waals surface area contributed by atoms with Gasteiger partial charge in [0.2, 0.25) is 0 Å². The lowest BCUT2D eigenvalue weighted by Crippen LogP contribution is -2.02. The maximum atomic E-state index is 9.38. The van der Waals surface area contributed by atoms with Gasteiger partial charge in [-0.15, -0.1) is 11.3 Å². The Labute approximate surface area is 123 Å². The summed E-state index contributed by atoms with van der Waals surface area (Å²) in [7, 11) is 0. The van der Waals surface area contributed by atoms with Gasteiger partial charge in [-0.05, 0) is 48.8 Å². The molecule has 0 unspecified atom stereocenters. The van der Waals surface area contributed by atoms with Crippen molar-refractivity contribution in [2.75, 3.05) is 5.73 Å². The summed E-state index contributed by atoms with van der Waals surface area (Å²) in [6.45, 7) is 2.12. The summed E-state index contributed by atoms with van der Waals surface area (Å²) in [6, 6.07) is 8.95. The van der Waals surface area contributed by atoms with E-state index in [1.807, 2.05) is 0 Å². The molecule has 1 aromatic heterocycles. The SMILES string of the molecule is CCc1sc(N)c(C#N)c1-c1ccc2c(c1)CCCC2. The molecule has 3 heteroatoms. The Kier molecular flexibility index (Phi) is 3.50. The Balaban J connectivity index is 2.16. The van der Waals surface area contributed by atoms with Crippen molar-refractivity contribution in [2.45, 2.75) is 39.0 Å². The summed E-state index contributed by atoms with van der Waals surface area (Å²) in [4.78, 5) is 1.22. The minimum atomic E-state index is 0.650. The quantitative estimate of drug-likeness (QED) is 0.892. The lowest BCUT2D eigenvalue weighted by atomic mass is 9.88. The van der Waals surface area contributed by atoms with Crippen molar-refractivity contribution in [3.05, 3.63) is 39.8 Å². The highest BCUT2D eigenvalue weighted by molar-refractivity contribution is 7.16.